The van der Waals surface area contributed by atoms with Crippen molar-refractivity contribution in [3.8, 4) is 0 Å². The summed E-state index contributed by atoms with van der Waals surface area (Å²) in [5.74, 6) is -0.956. The second kappa shape index (κ2) is 7.61. The molecule has 0 aromatic carbocycles. The van der Waals surface area contributed by atoms with E-state index in [0.717, 1.165) is 19.3 Å². The number of nitrogens with one attached hydrogen (secondary N) is 1. The van der Waals surface area contributed by atoms with Gasteiger partial charge in [-0.3, -0.25) is 0 Å². The van der Waals surface area contributed by atoms with Crippen molar-refractivity contribution in [2.24, 2.45) is 0 Å². The highest BCUT2D eigenvalue weighted by Gasteiger charge is 2.31. The largest absolute Gasteiger partial charge is 0.480 e. The second-order valence-electron chi connectivity index (χ2n) is 5.65. The fourth-order valence-electron chi connectivity index (χ4n) is 3.04. The molecular formula is C14H24N2O5. The Hall–Kier alpha value is -1.34. The minimum absolute atomic E-state index is 0.0550. The number of ether oxygens (including phenoxy) is 2. The highest BCUT2D eigenvalue weighted by Crippen LogP contribution is 2.22. The van der Waals surface area contributed by atoms with Crippen LogP contribution < -0.4 is 5.32 Å². The van der Waals surface area contributed by atoms with Gasteiger partial charge in [0.05, 0.1) is 18.2 Å². The van der Waals surface area contributed by atoms with Gasteiger partial charge in [0.15, 0.2) is 0 Å². The van der Waals surface area contributed by atoms with Gasteiger partial charge in [-0.2, -0.15) is 0 Å². The molecule has 0 aromatic heterocycles. The lowest BCUT2D eigenvalue weighted by Crippen LogP contribution is -2.50. The Morgan fingerprint density at radius 3 is 2.57 bits per heavy atom. The quantitative estimate of drug-likeness (QED) is 0.785. The van der Waals surface area contributed by atoms with E-state index in [4.69, 9.17) is 14.6 Å². The SMILES string of the molecule is COC1CCCC1NC(=O)N1CCC(OCC(=O)O)CC1. The number of hydrogen-bond donors (Lipinski definition) is 2. The number of methoxy groups -OCH3 is 1. The standard InChI is InChI=1S/C14H24N2O5/c1-20-12-4-2-3-11(12)15-14(19)16-7-5-10(6-8-16)21-9-13(17)18/h10-12H,2-9H2,1H3,(H,15,19)(H,17,18). The van der Waals surface area contributed by atoms with E-state index in [2.05, 4.69) is 5.32 Å². The minimum Gasteiger partial charge on any atom is -0.480 e. The summed E-state index contributed by atoms with van der Waals surface area (Å²) in [5, 5.41) is 11.6. The lowest BCUT2D eigenvalue weighted by atomic mass is 10.1. The van der Waals surface area contributed by atoms with Crippen molar-refractivity contribution < 1.29 is 24.2 Å². The molecule has 7 nitrogen and oxygen atoms in total. The van der Waals surface area contributed by atoms with Gasteiger partial charge >= 0.3 is 12.0 Å². The Bertz CT molecular complexity index is 368. The molecular weight excluding hydrogens is 276 g/mol. The molecule has 2 unspecified atom stereocenters. The second-order valence-corrected chi connectivity index (χ2v) is 5.65. The molecule has 1 saturated heterocycles. The van der Waals surface area contributed by atoms with Gasteiger partial charge in [0.2, 0.25) is 0 Å². The Balaban J connectivity index is 1.71. The van der Waals surface area contributed by atoms with Gasteiger partial charge in [0, 0.05) is 20.2 Å². The van der Waals surface area contributed by atoms with Crippen LogP contribution in [-0.4, -0.2) is 67.1 Å². The van der Waals surface area contributed by atoms with Crippen molar-refractivity contribution in [2.45, 2.75) is 50.4 Å². The Morgan fingerprint density at radius 2 is 1.95 bits per heavy atom. The number of amides is 2. The van der Waals surface area contributed by atoms with Crippen molar-refractivity contribution in [1.82, 2.24) is 10.2 Å². The van der Waals surface area contributed by atoms with Gasteiger partial charge in [-0.15, -0.1) is 0 Å². The van der Waals surface area contributed by atoms with Crippen LogP contribution in [0, 0.1) is 0 Å². The average molecular weight is 300 g/mol. The third kappa shape index (κ3) is 4.57. The van der Waals surface area contributed by atoms with Crippen molar-refractivity contribution in [3.63, 3.8) is 0 Å². The van der Waals surface area contributed by atoms with Crippen LogP contribution in [0.4, 0.5) is 4.79 Å². The van der Waals surface area contributed by atoms with Crippen LogP contribution in [0.15, 0.2) is 0 Å². The summed E-state index contributed by atoms with van der Waals surface area (Å²) in [7, 11) is 1.68. The normalized spacial score (nSPS) is 26.8. The van der Waals surface area contributed by atoms with E-state index in [9.17, 15) is 9.59 Å². The molecule has 2 fully saturated rings. The molecule has 2 amide bonds. The topological polar surface area (TPSA) is 88.1 Å². The molecule has 2 aliphatic rings. The summed E-state index contributed by atoms with van der Waals surface area (Å²) in [6, 6.07) is 0.0455. The van der Waals surface area contributed by atoms with E-state index < -0.39 is 5.97 Å². The first-order valence-electron chi connectivity index (χ1n) is 7.51. The first-order valence-corrected chi connectivity index (χ1v) is 7.51. The highest BCUT2D eigenvalue weighted by molar-refractivity contribution is 5.74. The van der Waals surface area contributed by atoms with E-state index in [1.807, 2.05) is 0 Å². The average Bonchev–Trinajstić information content (AvgIpc) is 2.92. The van der Waals surface area contributed by atoms with E-state index in [0.29, 0.717) is 25.9 Å². The molecule has 2 atom stereocenters. The van der Waals surface area contributed by atoms with Gasteiger partial charge in [-0.05, 0) is 32.1 Å². The summed E-state index contributed by atoms with van der Waals surface area (Å²) >= 11 is 0. The lowest BCUT2D eigenvalue weighted by molar-refractivity contribution is -0.145. The van der Waals surface area contributed by atoms with Crippen LogP contribution in [0.3, 0.4) is 0 Å². The molecule has 1 aliphatic heterocycles. The number of carboxylic acid groups (broad SMARTS) is 1. The van der Waals surface area contributed by atoms with E-state index in [1.54, 1.807) is 12.0 Å². The number of carboxylic acids is 1. The molecule has 1 saturated carbocycles. The summed E-state index contributed by atoms with van der Waals surface area (Å²) < 4.78 is 10.6. The number of carbonyl (C=O) groups is 2. The van der Waals surface area contributed by atoms with E-state index in [1.165, 1.54) is 0 Å². The maximum absolute atomic E-state index is 12.2. The third-order valence-electron chi connectivity index (χ3n) is 4.24. The molecule has 0 spiro atoms. The number of carbonyl (C=O) groups excluding carboxylic acids is 1. The fraction of sp³-hybridized carbons (Fsp3) is 0.857. The van der Waals surface area contributed by atoms with Gasteiger partial charge in [0.25, 0.3) is 0 Å². The molecule has 7 heteroatoms. The zero-order valence-electron chi connectivity index (χ0n) is 12.4. The lowest BCUT2D eigenvalue weighted by Gasteiger charge is -2.33. The zero-order chi connectivity index (χ0) is 15.2. The van der Waals surface area contributed by atoms with Gasteiger partial charge in [-0.25, -0.2) is 9.59 Å². The first kappa shape index (κ1) is 16.0. The molecule has 2 N–H and O–H groups in total. The number of aliphatic carboxylic acids is 1. The maximum atomic E-state index is 12.2. The highest BCUT2D eigenvalue weighted by atomic mass is 16.5. The number of nitrogens with zero attached hydrogens (tertiary/aromatic N) is 1. The predicted molar refractivity (Wildman–Crippen MR) is 75.2 cm³/mol. The van der Waals surface area contributed by atoms with Crippen molar-refractivity contribution in [1.29, 1.82) is 0 Å². The molecule has 2 rings (SSSR count). The summed E-state index contributed by atoms with van der Waals surface area (Å²) in [6.07, 6.45) is 4.44. The number of piperidine rings is 1. The molecule has 0 bridgehead atoms. The minimum atomic E-state index is -0.956. The molecule has 0 radical (unpaired) electrons. The van der Waals surface area contributed by atoms with Crippen molar-refractivity contribution in [2.75, 3.05) is 26.8 Å². The van der Waals surface area contributed by atoms with Gasteiger partial charge in [-0.1, -0.05) is 0 Å². The number of likely N-dealkylation sites (tertiary alicyclic amines) is 1. The molecule has 21 heavy (non-hydrogen) atoms. The monoisotopic (exact) mass is 300 g/mol. The summed E-state index contributed by atoms with van der Waals surface area (Å²) in [5.41, 5.74) is 0. The smallest absolute Gasteiger partial charge is 0.329 e. The molecule has 1 heterocycles. The van der Waals surface area contributed by atoms with Crippen molar-refractivity contribution in [3.05, 3.63) is 0 Å². The van der Waals surface area contributed by atoms with Crippen LogP contribution in [0.2, 0.25) is 0 Å². The van der Waals surface area contributed by atoms with Crippen molar-refractivity contribution >= 4 is 12.0 Å². The molecule has 0 aromatic rings. The number of hydrogen-bond acceptors (Lipinski definition) is 4. The predicted octanol–water partition coefficient (Wildman–Crippen LogP) is 0.829. The van der Waals surface area contributed by atoms with E-state index >= 15 is 0 Å². The maximum Gasteiger partial charge on any atom is 0.329 e. The Morgan fingerprint density at radius 1 is 1.24 bits per heavy atom. The molecule has 1 aliphatic carbocycles. The van der Waals surface area contributed by atoms with Crippen LogP contribution >= 0.6 is 0 Å². The van der Waals surface area contributed by atoms with Gasteiger partial charge in [0.1, 0.15) is 6.61 Å². The zero-order valence-corrected chi connectivity index (χ0v) is 12.4. The first-order chi connectivity index (χ1) is 10.1. The van der Waals surface area contributed by atoms with Crippen LogP contribution in [0.25, 0.3) is 0 Å². The summed E-state index contributed by atoms with van der Waals surface area (Å²) in [6.45, 7) is 0.926. The Kier molecular flexibility index (Phi) is 5.81. The van der Waals surface area contributed by atoms with Crippen LogP contribution in [0.5, 0.6) is 0 Å². The summed E-state index contributed by atoms with van der Waals surface area (Å²) in [4.78, 5) is 24.4. The number of rotatable bonds is 5. The molecule has 120 valence electrons. The van der Waals surface area contributed by atoms with Crippen LogP contribution in [0.1, 0.15) is 32.1 Å². The third-order valence-corrected chi connectivity index (χ3v) is 4.24. The fourth-order valence-corrected chi connectivity index (χ4v) is 3.04. The van der Waals surface area contributed by atoms with Gasteiger partial charge < -0.3 is 24.8 Å². The Labute approximate surface area is 124 Å². The van der Waals surface area contributed by atoms with Crippen LogP contribution in [-0.2, 0) is 14.3 Å². The van der Waals surface area contributed by atoms with E-state index in [-0.39, 0.29) is 30.9 Å². The number of urea groups is 1.